The van der Waals surface area contributed by atoms with Crippen molar-refractivity contribution < 1.29 is 9.90 Å². The number of allylic oxidation sites excluding steroid dienone is 1. The Labute approximate surface area is 91.0 Å². The van der Waals surface area contributed by atoms with E-state index in [0.717, 1.165) is 21.8 Å². The topological polar surface area (TPSA) is 62.0 Å². The summed E-state index contributed by atoms with van der Waals surface area (Å²) >= 11 is 0. The van der Waals surface area contributed by atoms with Gasteiger partial charge in [0.15, 0.2) is 0 Å². The maximum Gasteiger partial charge on any atom is 0.350 e. The highest BCUT2D eigenvalue weighted by molar-refractivity contribution is 6.38. The number of carbonyl (C=O) groups is 1. The van der Waals surface area contributed by atoms with Crippen LogP contribution in [0.1, 0.15) is 6.42 Å². The van der Waals surface area contributed by atoms with Crippen molar-refractivity contribution in [3.63, 3.8) is 0 Å². The molecule has 0 bridgehead atoms. The minimum absolute atomic E-state index is 0.172. The number of benzene rings is 1. The minimum atomic E-state index is -0.966. The number of aliphatic imine (C=N–C) groups is 1. The Bertz CT molecular complexity index is 669. The van der Waals surface area contributed by atoms with Crippen LogP contribution in [0.4, 0.5) is 0 Å². The van der Waals surface area contributed by atoms with E-state index < -0.39 is 5.97 Å². The van der Waals surface area contributed by atoms with Gasteiger partial charge in [-0.05, 0) is 11.6 Å². The van der Waals surface area contributed by atoms with Crippen LogP contribution in [-0.4, -0.2) is 16.8 Å². The van der Waals surface area contributed by atoms with Gasteiger partial charge >= 0.3 is 5.97 Å². The summed E-state index contributed by atoms with van der Waals surface area (Å²) in [7, 11) is 0. The van der Waals surface area contributed by atoms with Gasteiger partial charge in [0.2, 0.25) is 0 Å². The molecular formula is C12H8N2O2. The summed E-state index contributed by atoms with van der Waals surface area (Å²) in [5, 5.41) is 10.8. The number of nitrogens with zero attached hydrogens (tertiary/aromatic N) is 2. The monoisotopic (exact) mass is 212 g/mol. The highest BCUT2D eigenvalue weighted by atomic mass is 16.4. The van der Waals surface area contributed by atoms with Gasteiger partial charge < -0.3 is 5.11 Å². The Morgan fingerprint density at radius 2 is 2.12 bits per heavy atom. The molecule has 1 aromatic carbocycles. The molecule has 2 aliphatic rings. The van der Waals surface area contributed by atoms with Crippen LogP contribution in [0.25, 0.3) is 5.57 Å². The molecule has 3 rings (SSSR count). The predicted molar refractivity (Wildman–Crippen MR) is 58.4 cm³/mol. The molecule has 2 heterocycles. The molecule has 0 spiro atoms. The van der Waals surface area contributed by atoms with Gasteiger partial charge in [-0.2, -0.15) is 0 Å². The molecule has 1 N–H and O–H groups in total. The highest BCUT2D eigenvalue weighted by Gasteiger charge is 2.21. The standard InChI is InChI=1S/C12H8N2O2/c15-12(16)10-5-8-7-3-1-2-4-9(7)14-11(8)6-13-10/h1-4,6H,5H2,(H,15,16). The summed E-state index contributed by atoms with van der Waals surface area (Å²) < 4.78 is 0. The average molecular weight is 212 g/mol. The number of hydrogen-bond donors (Lipinski definition) is 1. The second-order valence-corrected chi connectivity index (χ2v) is 3.68. The molecule has 78 valence electrons. The van der Waals surface area contributed by atoms with Crippen LogP contribution < -0.4 is 10.6 Å². The second kappa shape index (κ2) is 3.13. The van der Waals surface area contributed by atoms with Crippen molar-refractivity contribution in [2.75, 3.05) is 0 Å². The molecule has 0 fully saturated rings. The SMILES string of the molecule is O=C(O)C1=NC=C2N=c3ccccc3=C2C1. The molecule has 2 aliphatic heterocycles. The normalized spacial score (nSPS) is 16.9. The lowest BCUT2D eigenvalue weighted by atomic mass is 10.0. The molecular weight excluding hydrogens is 204 g/mol. The number of rotatable bonds is 1. The third-order valence-corrected chi connectivity index (χ3v) is 2.71. The maximum absolute atomic E-state index is 10.9. The number of hydrogen-bond acceptors (Lipinski definition) is 3. The largest absolute Gasteiger partial charge is 0.477 e. The number of carboxylic acids is 1. The van der Waals surface area contributed by atoms with Crippen LogP contribution in [0.15, 0.2) is 46.1 Å². The third-order valence-electron chi connectivity index (χ3n) is 2.71. The summed E-state index contributed by atoms with van der Waals surface area (Å²) in [6, 6.07) is 7.72. The highest BCUT2D eigenvalue weighted by Crippen LogP contribution is 2.22. The van der Waals surface area contributed by atoms with Gasteiger partial charge in [0.05, 0.1) is 17.3 Å². The zero-order valence-corrected chi connectivity index (χ0v) is 8.34. The Kier molecular flexibility index (Phi) is 1.77. The Morgan fingerprint density at radius 1 is 1.31 bits per heavy atom. The van der Waals surface area contributed by atoms with Crippen molar-refractivity contribution in [2.24, 2.45) is 9.98 Å². The van der Waals surface area contributed by atoms with E-state index in [4.69, 9.17) is 5.11 Å². The van der Waals surface area contributed by atoms with E-state index in [-0.39, 0.29) is 5.71 Å². The first-order chi connectivity index (χ1) is 7.75. The molecule has 16 heavy (non-hydrogen) atoms. The average Bonchev–Trinajstić information content (AvgIpc) is 2.66. The van der Waals surface area contributed by atoms with E-state index >= 15 is 0 Å². The molecule has 0 radical (unpaired) electrons. The number of para-hydroxylation sites is 1. The van der Waals surface area contributed by atoms with Crippen molar-refractivity contribution in [2.45, 2.75) is 6.42 Å². The first-order valence-corrected chi connectivity index (χ1v) is 4.93. The lowest BCUT2D eigenvalue weighted by molar-refractivity contribution is -0.129. The van der Waals surface area contributed by atoms with Crippen LogP contribution in [-0.2, 0) is 4.79 Å². The van der Waals surface area contributed by atoms with Crippen molar-refractivity contribution in [3.8, 4) is 0 Å². The van der Waals surface area contributed by atoms with Crippen LogP contribution in [0, 0.1) is 0 Å². The van der Waals surface area contributed by atoms with Crippen LogP contribution in [0.3, 0.4) is 0 Å². The van der Waals surface area contributed by atoms with Gasteiger partial charge in [-0.3, -0.25) is 4.99 Å². The van der Waals surface area contributed by atoms with E-state index in [9.17, 15) is 4.79 Å². The molecule has 1 aromatic rings. The van der Waals surface area contributed by atoms with Crippen molar-refractivity contribution in [3.05, 3.63) is 46.7 Å². The zero-order chi connectivity index (χ0) is 11.1. The molecule has 0 amide bonds. The number of carboxylic acid groups (broad SMARTS) is 1. The summed E-state index contributed by atoms with van der Waals surface area (Å²) in [5.74, 6) is -0.966. The van der Waals surface area contributed by atoms with Gasteiger partial charge in [0.1, 0.15) is 5.71 Å². The molecule has 4 heteroatoms. The van der Waals surface area contributed by atoms with Gasteiger partial charge in [-0.1, -0.05) is 18.2 Å². The van der Waals surface area contributed by atoms with Gasteiger partial charge in [0.25, 0.3) is 0 Å². The first kappa shape index (κ1) is 9.03. The summed E-state index contributed by atoms with van der Waals surface area (Å²) in [5.41, 5.74) is 1.92. The molecule has 0 aromatic heterocycles. The van der Waals surface area contributed by atoms with E-state index in [1.54, 1.807) is 0 Å². The number of aliphatic carboxylic acids is 1. The fourth-order valence-electron chi connectivity index (χ4n) is 1.94. The molecule has 4 nitrogen and oxygen atoms in total. The van der Waals surface area contributed by atoms with Crippen LogP contribution >= 0.6 is 0 Å². The smallest absolute Gasteiger partial charge is 0.350 e. The predicted octanol–water partition coefficient (Wildman–Crippen LogP) is 0.241. The van der Waals surface area contributed by atoms with E-state index in [2.05, 4.69) is 9.98 Å². The number of fused-ring (bicyclic) bond motifs is 2. The fraction of sp³-hybridized carbons (Fsp3) is 0.0833. The fourth-order valence-corrected chi connectivity index (χ4v) is 1.94. The first-order valence-electron chi connectivity index (χ1n) is 4.93. The lowest BCUT2D eigenvalue weighted by Crippen LogP contribution is -2.24. The van der Waals surface area contributed by atoms with Gasteiger partial charge in [0, 0.05) is 11.6 Å². The Balaban J connectivity index is 2.24. The van der Waals surface area contributed by atoms with Gasteiger partial charge in [-0.25, -0.2) is 9.79 Å². The molecule has 0 unspecified atom stereocenters. The maximum atomic E-state index is 10.9. The molecule has 0 aliphatic carbocycles. The zero-order valence-electron chi connectivity index (χ0n) is 8.34. The second-order valence-electron chi connectivity index (χ2n) is 3.68. The van der Waals surface area contributed by atoms with Gasteiger partial charge in [-0.15, -0.1) is 0 Å². The molecule has 0 saturated carbocycles. The quantitative estimate of drug-likeness (QED) is 0.724. The summed E-state index contributed by atoms with van der Waals surface area (Å²) in [6.45, 7) is 0. The van der Waals surface area contributed by atoms with Crippen molar-refractivity contribution >= 4 is 17.3 Å². The van der Waals surface area contributed by atoms with Crippen molar-refractivity contribution in [1.82, 2.24) is 0 Å². The summed E-state index contributed by atoms with van der Waals surface area (Å²) in [4.78, 5) is 19.1. The Morgan fingerprint density at radius 3 is 2.94 bits per heavy atom. The van der Waals surface area contributed by atoms with Crippen LogP contribution in [0.2, 0.25) is 0 Å². The van der Waals surface area contributed by atoms with Crippen molar-refractivity contribution in [1.29, 1.82) is 0 Å². The lowest BCUT2D eigenvalue weighted by Gasteiger charge is -2.08. The third kappa shape index (κ3) is 1.20. The van der Waals surface area contributed by atoms with Crippen LogP contribution in [0.5, 0.6) is 0 Å². The summed E-state index contributed by atoms with van der Waals surface area (Å²) in [6.07, 6.45) is 1.88. The minimum Gasteiger partial charge on any atom is -0.477 e. The van der Waals surface area contributed by atoms with E-state index in [0.29, 0.717) is 6.42 Å². The Hall–Kier alpha value is -2.23. The molecule has 0 saturated heterocycles. The molecule has 0 atom stereocenters. The van der Waals surface area contributed by atoms with E-state index in [1.165, 1.54) is 6.20 Å². The van der Waals surface area contributed by atoms with E-state index in [1.807, 2.05) is 24.3 Å².